The topological polar surface area (TPSA) is 130 Å². The van der Waals surface area contributed by atoms with Crippen molar-refractivity contribution >= 4 is 26.0 Å². The molecular formula is C13H19F5N2O6S2. The molecule has 4 unspecified atom stereocenters. The molecule has 28 heavy (non-hydrogen) atoms. The Hall–Kier alpha value is -1.06. The van der Waals surface area contributed by atoms with E-state index in [-0.39, 0.29) is 21.9 Å². The first kappa shape index (κ1) is 23.2. The number of rotatable bonds is 5. The van der Waals surface area contributed by atoms with E-state index in [1.54, 1.807) is 5.32 Å². The van der Waals surface area contributed by atoms with Gasteiger partial charge in [-0.3, -0.25) is 4.79 Å². The predicted molar refractivity (Wildman–Crippen MR) is 84.5 cm³/mol. The van der Waals surface area contributed by atoms with Crippen LogP contribution in [-0.4, -0.2) is 50.3 Å². The molecule has 164 valence electrons. The van der Waals surface area contributed by atoms with E-state index in [0.717, 1.165) is 0 Å². The quantitative estimate of drug-likeness (QED) is 0.519. The van der Waals surface area contributed by atoms with Gasteiger partial charge in [0.25, 0.3) is 0 Å². The number of carbonyl (C=O) groups excluding carboxylic acids is 1. The maximum atomic E-state index is 14.0. The first-order valence-electron chi connectivity index (χ1n) is 7.93. The highest BCUT2D eigenvalue weighted by atomic mass is 32.3. The molecular weight excluding hydrogens is 439 g/mol. The van der Waals surface area contributed by atoms with E-state index in [2.05, 4.69) is 0 Å². The third-order valence-electron chi connectivity index (χ3n) is 5.83. The Kier molecular flexibility index (Phi) is 5.16. The SMILES string of the molecule is CC1(C)C2CC(NC(=O)C(F)(F)S(=O)(=O)NS(=O)(=O)C(F)(F)F)C(C)(O)C1C2. The van der Waals surface area contributed by atoms with Crippen LogP contribution in [0.3, 0.4) is 0 Å². The number of hydrogen-bond acceptors (Lipinski definition) is 6. The van der Waals surface area contributed by atoms with E-state index < -0.39 is 54.3 Å². The van der Waals surface area contributed by atoms with Gasteiger partial charge in [0.1, 0.15) is 0 Å². The van der Waals surface area contributed by atoms with Crippen molar-refractivity contribution in [1.82, 2.24) is 9.44 Å². The van der Waals surface area contributed by atoms with E-state index >= 15 is 0 Å². The van der Waals surface area contributed by atoms with Gasteiger partial charge in [-0.05, 0) is 37.0 Å². The zero-order valence-corrected chi connectivity index (χ0v) is 16.5. The molecule has 4 atom stereocenters. The van der Waals surface area contributed by atoms with Gasteiger partial charge in [-0.15, -0.1) is 0 Å². The molecule has 0 aromatic rings. The van der Waals surface area contributed by atoms with Crippen LogP contribution < -0.4 is 9.44 Å². The molecule has 15 heteroatoms. The highest BCUT2D eigenvalue weighted by Crippen LogP contribution is 2.62. The van der Waals surface area contributed by atoms with Crippen LogP contribution in [-0.2, 0) is 24.8 Å². The molecule has 3 N–H and O–H groups in total. The number of fused-ring (bicyclic) bond motifs is 2. The summed E-state index contributed by atoms with van der Waals surface area (Å²) >= 11 is 0. The Bertz CT molecular complexity index is 882. The fraction of sp³-hybridized carbons (Fsp3) is 0.923. The standard InChI is InChI=1S/C13H19F5N2O6S2/c1-10(2)6-4-7(10)11(3,22)8(5-6)19-9(21)12(14,15)27(23,24)20-28(25,26)13(16,17)18/h6-8,20,22H,4-5H2,1-3H3,(H,19,21). The third-order valence-corrected chi connectivity index (χ3v) is 9.06. The zero-order valence-electron chi connectivity index (χ0n) is 14.8. The maximum Gasteiger partial charge on any atom is 0.512 e. The molecule has 0 saturated heterocycles. The lowest BCUT2D eigenvalue weighted by Crippen LogP contribution is -2.71. The average Bonchev–Trinajstić information content (AvgIpc) is 2.45. The Balaban J connectivity index is 2.22. The van der Waals surface area contributed by atoms with Crippen LogP contribution in [0.2, 0.25) is 0 Å². The predicted octanol–water partition coefficient (Wildman–Crippen LogP) is 0.650. The van der Waals surface area contributed by atoms with E-state index in [1.807, 2.05) is 13.8 Å². The summed E-state index contributed by atoms with van der Waals surface area (Å²) in [6.45, 7) is 4.95. The van der Waals surface area contributed by atoms with Crippen LogP contribution in [0.4, 0.5) is 22.0 Å². The van der Waals surface area contributed by atoms with Gasteiger partial charge in [-0.25, -0.2) is 16.8 Å². The van der Waals surface area contributed by atoms with Crippen molar-refractivity contribution in [2.75, 3.05) is 0 Å². The van der Waals surface area contributed by atoms with Gasteiger partial charge in [0.15, 0.2) is 0 Å². The summed E-state index contributed by atoms with van der Waals surface area (Å²) in [6, 6.07) is -1.29. The van der Waals surface area contributed by atoms with Gasteiger partial charge in [-0.2, -0.15) is 22.0 Å². The van der Waals surface area contributed by atoms with Gasteiger partial charge in [-0.1, -0.05) is 18.0 Å². The molecule has 2 bridgehead atoms. The Morgan fingerprint density at radius 3 is 1.89 bits per heavy atom. The highest BCUT2D eigenvalue weighted by molar-refractivity contribution is 8.05. The van der Waals surface area contributed by atoms with Crippen LogP contribution >= 0.6 is 0 Å². The molecule has 3 rings (SSSR count). The monoisotopic (exact) mass is 458 g/mol. The molecule has 0 aromatic carbocycles. The van der Waals surface area contributed by atoms with Crippen molar-refractivity contribution in [3.63, 3.8) is 0 Å². The zero-order chi connectivity index (χ0) is 22.1. The first-order valence-corrected chi connectivity index (χ1v) is 10.9. The largest absolute Gasteiger partial charge is 0.512 e. The van der Waals surface area contributed by atoms with Gasteiger partial charge >= 0.3 is 36.7 Å². The summed E-state index contributed by atoms with van der Waals surface area (Å²) in [7, 11) is -13.3. The Morgan fingerprint density at radius 1 is 1.00 bits per heavy atom. The van der Waals surface area contributed by atoms with E-state index in [9.17, 15) is 48.7 Å². The van der Waals surface area contributed by atoms with Crippen molar-refractivity contribution in [3.8, 4) is 0 Å². The average molecular weight is 458 g/mol. The van der Waals surface area contributed by atoms with Gasteiger partial charge < -0.3 is 10.4 Å². The second kappa shape index (κ2) is 6.22. The number of halogens is 5. The van der Waals surface area contributed by atoms with Crippen molar-refractivity contribution in [2.24, 2.45) is 17.3 Å². The number of nitrogens with one attached hydrogen (secondary N) is 2. The smallest absolute Gasteiger partial charge is 0.388 e. The first-order chi connectivity index (χ1) is 12.2. The second-order valence-corrected chi connectivity index (χ2v) is 11.5. The number of sulfonamides is 2. The molecule has 3 aliphatic carbocycles. The number of hydrogen-bond donors (Lipinski definition) is 3. The number of carbonyl (C=O) groups is 1. The molecule has 8 nitrogen and oxygen atoms in total. The molecule has 0 aliphatic heterocycles. The van der Waals surface area contributed by atoms with E-state index in [0.29, 0.717) is 6.42 Å². The molecule has 1 amide bonds. The summed E-state index contributed by atoms with van der Waals surface area (Å²) in [6.07, 6.45) is 0.596. The number of alkyl halides is 5. The van der Waals surface area contributed by atoms with E-state index in [4.69, 9.17) is 0 Å². The molecule has 0 radical (unpaired) electrons. The van der Waals surface area contributed by atoms with Gasteiger partial charge in [0, 0.05) is 0 Å². The summed E-state index contributed by atoms with van der Waals surface area (Å²) < 4.78 is 109. The minimum absolute atomic E-state index is 0.0344. The summed E-state index contributed by atoms with van der Waals surface area (Å²) in [5, 5.41) is 6.72. The minimum Gasteiger partial charge on any atom is -0.388 e. The molecule has 3 saturated carbocycles. The Morgan fingerprint density at radius 2 is 1.50 bits per heavy atom. The Labute approximate surface area is 158 Å². The van der Waals surface area contributed by atoms with Crippen molar-refractivity contribution in [3.05, 3.63) is 0 Å². The van der Waals surface area contributed by atoms with Gasteiger partial charge in [0.2, 0.25) is 0 Å². The fourth-order valence-corrected chi connectivity index (χ4v) is 6.24. The van der Waals surface area contributed by atoms with Gasteiger partial charge in [0.05, 0.1) is 11.6 Å². The van der Waals surface area contributed by atoms with Crippen molar-refractivity contribution in [1.29, 1.82) is 0 Å². The normalized spacial score (nSPS) is 33.1. The number of amides is 1. The highest BCUT2D eigenvalue weighted by Gasteiger charge is 2.65. The van der Waals surface area contributed by atoms with Crippen LogP contribution in [0.5, 0.6) is 0 Å². The van der Waals surface area contributed by atoms with Crippen LogP contribution in [0.1, 0.15) is 33.6 Å². The lowest BCUT2D eigenvalue weighted by Gasteiger charge is -2.65. The summed E-state index contributed by atoms with van der Waals surface area (Å²) in [4.78, 5) is 11.8. The van der Waals surface area contributed by atoms with Crippen molar-refractivity contribution < 1.29 is 48.7 Å². The van der Waals surface area contributed by atoms with E-state index in [1.165, 1.54) is 6.92 Å². The van der Waals surface area contributed by atoms with Crippen molar-refractivity contribution in [2.45, 2.75) is 56.0 Å². The second-order valence-electron chi connectivity index (χ2n) is 7.85. The number of aliphatic hydroxyl groups is 1. The summed E-state index contributed by atoms with van der Waals surface area (Å²) in [5.41, 5.74) is -8.21. The maximum absolute atomic E-state index is 14.0. The lowest BCUT2D eigenvalue weighted by molar-refractivity contribution is -0.210. The lowest BCUT2D eigenvalue weighted by atomic mass is 9.43. The van der Waals surface area contributed by atoms with Crippen LogP contribution in [0, 0.1) is 17.3 Å². The molecule has 3 aliphatic rings. The van der Waals surface area contributed by atoms with Crippen LogP contribution in [0.15, 0.2) is 0 Å². The third kappa shape index (κ3) is 3.39. The fourth-order valence-electron chi connectivity index (χ4n) is 3.99. The molecule has 0 aromatic heterocycles. The summed E-state index contributed by atoms with van der Waals surface area (Å²) in [5.74, 6) is -2.99. The molecule has 0 heterocycles. The molecule has 3 fully saturated rings. The minimum atomic E-state index is -6.69. The molecule has 0 spiro atoms. The van der Waals surface area contributed by atoms with Crippen LogP contribution in [0.25, 0.3) is 0 Å².